The number of hydrogen-bond donors (Lipinski definition) is 1. The van der Waals surface area contributed by atoms with E-state index in [1.165, 1.54) is 0 Å². The topological polar surface area (TPSA) is 41.6 Å². The summed E-state index contributed by atoms with van der Waals surface area (Å²) in [5.74, 6) is -0.184. The van der Waals surface area contributed by atoms with E-state index >= 15 is 0 Å². The highest BCUT2D eigenvalue weighted by atomic mass is 16.5. The lowest BCUT2D eigenvalue weighted by Gasteiger charge is -2.33. The zero-order valence-electron chi connectivity index (χ0n) is 13.7. The Hall–Kier alpha value is -1.39. The molecule has 0 aliphatic heterocycles. The van der Waals surface area contributed by atoms with E-state index in [1.54, 1.807) is 0 Å². The van der Waals surface area contributed by atoms with Gasteiger partial charge in [-0.2, -0.15) is 0 Å². The first kappa shape index (κ1) is 17.7. The number of rotatable bonds is 9. The predicted octanol–water partition coefficient (Wildman–Crippen LogP) is 2.40. The highest BCUT2D eigenvalue weighted by Gasteiger charge is 2.40. The van der Waals surface area contributed by atoms with Crippen molar-refractivity contribution in [1.82, 2.24) is 10.2 Å². The van der Waals surface area contributed by atoms with Crippen molar-refractivity contribution in [3.05, 3.63) is 35.9 Å². The Kier molecular flexibility index (Phi) is 7.40. The van der Waals surface area contributed by atoms with E-state index in [4.69, 9.17) is 4.74 Å². The number of esters is 1. The first-order chi connectivity index (χ1) is 10.1. The number of likely N-dealkylation sites (N-methyl/N-ethyl adjacent to an activating group) is 1. The third kappa shape index (κ3) is 4.83. The van der Waals surface area contributed by atoms with Gasteiger partial charge in [0.1, 0.15) is 5.54 Å². The van der Waals surface area contributed by atoms with Gasteiger partial charge in [0, 0.05) is 13.1 Å². The molecule has 0 spiro atoms. The van der Waals surface area contributed by atoms with Gasteiger partial charge in [-0.3, -0.25) is 5.32 Å². The molecule has 4 nitrogen and oxygen atoms in total. The van der Waals surface area contributed by atoms with Crippen LogP contribution in [0, 0.1) is 0 Å². The quantitative estimate of drug-likeness (QED) is 0.710. The molecule has 118 valence electrons. The Morgan fingerprint density at radius 3 is 2.43 bits per heavy atom. The van der Waals surface area contributed by atoms with E-state index < -0.39 is 5.54 Å². The summed E-state index contributed by atoms with van der Waals surface area (Å²) in [7, 11) is 4.05. The molecule has 1 rings (SSSR count). The van der Waals surface area contributed by atoms with Crippen LogP contribution in [0.15, 0.2) is 30.3 Å². The monoisotopic (exact) mass is 292 g/mol. The number of nitrogens with zero attached hydrogens (tertiary/aromatic N) is 1. The van der Waals surface area contributed by atoms with Gasteiger partial charge in [0.25, 0.3) is 0 Å². The van der Waals surface area contributed by atoms with Crippen molar-refractivity contribution in [2.75, 3.05) is 33.8 Å². The Morgan fingerprint density at radius 1 is 1.24 bits per heavy atom. The zero-order chi connectivity index (χ0) is 15.7. The maximum atomic E-state index is 12.6. The van der Waals surface area contributed by atoms with Crippen LogP contribution in [0.3, 0.4) is 0 Å². The fourth-order valence-electron chi connectivity index (χ4n) is 2.47. The molecule has 4 heteroatoms. The summed E-state index contributed by atoms with van der Waals surface area (Å²) in [5, 5.41) is 3.45. The van der Waals surface area contributed by atoms with Gasteiger partial charge >= 0.3 is 5.97 Å². The molecule has 0 saturated carbocycles. The van der Waals surface area contributed by atoms with Gasteiger partial charge in [-0.15, -0.1) is 0 Å². The van der Waals surface area contributed by atoms with E-state index in [0.717, 1.165) is 31.5 Å². The average molecular weight is 292 g/mol. The second-order valence-electron chi connectivity index (χ2n) is 5.47. The van der Waals surface area contributed by atoms with E-state index in [1.807, 2.05) is 51.4 Å². The van der Waals surface area contributed by atoms with Crippen molar-refractivity contribution in [2.45, 2.75) is 32.2 Å². The maximum absolute atomic E-state index is 12.6. The summed E-state index contributed by atoms with van der Waals surface area (Å²) in [6, 6.07) is 9.88. The lowest BCUT2D eigenvalue weighted by molar-refractivity contribution is -0.152. The predicted molar refractivity (Wildman–Crippen MR) is 86.2 cm³/mol. The molecule has 1 N–H and O–H groups in total. The minimum Gasteiger partial charge on any atom is -0.464 e. The molecule has 0 aliphatic carbocycles. The van der Waals surface area contributed by atoms with E-state index in [2.05, 4.69) is 17.1 Å². The number of hydrogen-bond acceptors (Lipinski definition) is 4. The second kappa shape index (κ2) is 8.80. The van der Waals surface area contributed by atoms with Crippen molar-refractivity contribution in [3.8, 4) is 0 Å². The van der Waals surface area contributed by atoms with Crippen LogP contribution < -0.4 is 5.32 Å². The van der Waals surface area contributed by atoms with Crippen LogP contribution >= 0.6 is 0 Å². The van der Waals surface area contributed by atoms with Crippen LogP contribution in [0.1, 0.15) is 32.3 Å². The maximum Gasteiger partial charge on any atom is 0.330 e. The van der Waals surface area contributed by atoms with Crippen LogP contribution in [-0.4, -0.2) is 44.7 Å². The lowest BCUT2D eigenvalue weighted by Crippen LogP contribution is -2.51. The third-order valence-electron chi connectivity index (χ3n) is 3.50. The van der Waals surface area contributed by atoms with Crippen molar-refractivity contribution < 1.29 is 9.53 Å². The smallest absolute Gasteiger partial charge is 0.330 e. The van der Waals surface area contributed by atoms with Crippen molar-refractivity contribution in [1.29, 1.82) is 0 Å². The van der Waals surface area contributed by atoms with Crippen LogP contribution in [0.4, 0.5) is 0 Å². The molecule has 0 fully saturated rings. The fraction of sp³-hybridized carbons (Fsp3) is 0.588. The standard InChI is InChI=1S/C17H28N2O2/c1-5-12-17(16(20)21-6-2,18-13-14-19(3)4)15-10-8-7-9-11-15/h7-11,18H,5-6,12-14H2,1-4H3. The molecule has 21 heavy (non-hydrogen) atoms. The Bertz CT molecular complexity index is 420. The van der Waals surface area contributed by atoms with Gasteiger partial charge in [-0.05, 0) is 33.0 Å². The molecular weight excluding hydrogens is 264 g/mol. The first-order valence-electron chi connectivity index (χ1n) is 7.69. The molecule has 0 saturated heterocycles. The summed E-state index contributed by atoms with van der Waals surface area (Å²) >= 11 is 0. The summed E-state index contributed by atoms with van der Waals surface area (Å²) in [6.45, 7) is 5.94. The summed E-state index contributed by atoms with van der Waals surface area (Å²) in [5.41, 5.74) is 0.228. The SMILES string of the molecule is CCCC(NCCN(C)C)(C(=O)OCC)c1ccccc1. The molecule has 1 atom stereocenters. The molecule has 0 heterocycles. The fourth-order valence-corrected chi connectivity index (χ4v) is 2.47. The molecule has 1 aromatic carbocycles. The Balaban J connectivity index is 3.06. The lowest BCUT2D eigenvalue weighted by atomic mass is 9.85. The summed E-state index contributed by atoms with van der Waals surface area (Å²) in [6.07, 6.45) is 1.63. The molecule has 0 bridgehead atoms. The molecule has 0 aromatic heterocycles. The normalized spacial score (nSPS) is 14.0. The number of nitrogens with one attached hydrogen (secondary N) is 1. The van der Waals surface area contributed by atoms with Crippen LogP contribution in [0.25, 0.3) is 0 Å². The van der Waals surface area contributed by atoms with Gasteiger partial charge in [0.15, 0.2) is 0 Å². The second-order valence-corrected chi connectivity index (χ2v) is 5.47. The van der Waals surface area contributed by atoms with E-state index in [9.17, 15) is 4.79 Å². The highest BCUT2D eigenvalue weighted by Crippen LogP contribution is 2.28. The van der Waals surface area contributed by atoms with E-state index in [-0.39, 0.29) is 5.97 Å². The number of carbonyl (C=O) groups excluding carboxylic acids is 1. The number of benzene rings is 1. The molecular formula is C17H28N2O2. The van der Waals surface area contributed by atoms with Crippen molar-refractivity contribution in [3.63, 3.8) is 0 Å². The average Bonchev–Trinajstić information content (AvgIpc) is 2.47. The molecule has 0 amide bonds. The first-order valence-corrected chi connectivity index (χ1v) is 7.69. The largest absolute Gasteiger partial charge is 0.464 e. The molecule has 0 aliphatic rings. The van der Waals surface area contributed by atoms with Gasteiger partial charge in [0.05, 0.1) is 6.61 Å². The number of carbonyl (C=O) groups is 1. The van der Waals surface area contributed by atoms with Crippen LogP contribution in [0.5, 0.6) is 0 Å². The molecule has 1 aromatic rings. The third-order valence-corrected chi connectivity index (χ3v) is 3.50. The zero-order valence-corrected chi connectivity index (χ0v) is 13.7. The molecule has 1 unspecified atom stereocenters. The van der Waals surface area contributed by atoms with Crippen molar-refractivity contribution >= 4 is 5.97 Å². The summed E-state index contributed by atoms with van der Waals surface area (Å²) in [4.78, 5) is 14.7. The van der Waals surface area contributed by atoms with Gasteiger partial charge in [-0.25, -0.2) is 4.79 Å². The highest BCUT2D eigenvalue weighted by molar-refractivity contribution is 5.82. The number of ether oxygens (including phenoxy) is 1. The minimum atomic E-state index is -0.748. The van der Waals surface area contributed by atoms with Crippen LogP contribution in [0.2, 0.25) is 0 Å². The van der Waals surface area contributed by atoms with Crippen LogP contribution in [-0.2, 0) is 15.1 Å². The minimum absolute atomic E-state index is 0.184. The molecule has 0 radical (unpaired) electrons. The van der Waals surface area contributed by atoms with Gasteiger partial charge in [-0.1, -0.05) is 43.7 Å². The Labute approximate surface area is 128 Å². The Morgan fingerprint density at radius 2 is 1.90 bits per heavy atom. The van der Waals surface area contributed by atoms with Gasteiger partial charge < -0.3 is 9.64 Å². The summed E-state index contributed by atoms with van der Waals surface area (Å²) < 4.78 is 5.36. The van der Waals surface area contributed by atoms with Crippen molar-refractivity contribution in [2.24, 2.45) is 0 Å². The van der Waals surface area contributed by atoms with Gasteiger partial charge in [0.2, 0.25) is 0 Å². The van der Waals surface area contributed by atoms with E-state index in [0.29, 0.717) is 6.61 Å².